The predicted molar refractivity (Wildman–Crippen MR) is 199 cm³/mol. The Bertz CT molecular complexity index is 1710. The third-order valence-electron chi connectivity index (χ3n) is 7.57. The van der Waals surface area contributed by atoms with Gasteiger partial charge in [0.15, 0.2) is 11.6 Å². The number of allylic oxidation sites excluding steroid dienone is 1. The summed E-state index contributed by atoms with van der Waals surface area (Å²) in [6, 6.07) is 9.84. The van der Waals surface area contributed by atoms with Crippen LogP contribution in [0.2, 0.25) is 5.02 Å². The lowest BCUT2D eigenvalue weighted by molar-refractivity contribution is -0.113. The zero-order valence-corrected chi connectivity index (χ0v) is 31.9. The van der Waals surface area contributed by atoms with Crippen LogP contribution in [0, 0.1) is 35.3 Å². The molecule has 2 N–H and O–H groups in total. The Morgan fingerprint density at radius 1 is 1.20 bits per heavy atom. The molecular weight excluding hydrogens is 702 g/mol. The molecule has 1 aliphatic heterocycles. The fraction of sp³-hybridized carbons (Fsp3) is 0.400. The van der Waals surface area contributed by atoms with Crippen LogP contribution in [0.1, 0.15) is 44.0 Å². The number of nitrogens with zero attached hydrogens (tertiary/aromatic N) is 5. The summed E-state index contributed by atoms with van der Waals surface area (Å²) in [7, 11) is 4.97. The van der Waals surface area contributed by atoms with Crippen molar-refractivity contribution in [2.45, 2.75) is 40.5 Å². The maximum Gasteiger partial charge on any atom is 0.251 e. The zero-order chi connectivity index (χ0) is 36.8. The van der Waals surface area contributed by atoms with Crippen molar-refractivity contribution in [3.05, 3.63) is 81.8 Å². The van der Waals surface area contributed by atoms with Crippen LogP contribution in [0.3, 0.4) is 0 Å². The van der Waals surface area contributed by atoms with E-state index >= 15 is 8.78 Å². The molecule has 0 spiro atoms. The van der Waals surface area contributed by atoms with E-state index in [4.69, 9.17) is 16.3 Å². The molecule has 3 aromatic rings. The summed E-state index contributed by atoms with van der Waals surface area (Å²) >= 11 is 6.29. The van der Waals surface area contributed by atoms with Crippen molar-refractivity contribution in [2.24, 2.45) is 5.41 Å². The molecule has 0 bridgehead atoms. The van der Waals surface area contributed by atoms with Crippen molar-refractivity contribution in [3.8, 4) is 23.1 Å². The van der Waals surface area contributed by atoms with E-state index in [-0.39, 0.29) is 41.0 Å². The summed E-state index contributed by atoms with van der Waals surface area (Å²) in [6.45, 7) is 10.7. The number of rotatable bonds is 12. The van der Waals surface area contributed by atoms with Crippen molar-refractivity contribution >= 4 is 47.6 Å². The first-order valence-electron chi connectivity index (χ1n) is 16.0. The molecule has 1 saturated heterocycles. The number of carbonyl (C=O) groups is 2. The second-order valence-electron chi connectivity index (χ2n) is 12.8. The Kier molecular flexibility index (Phi) is 16.1. The minimum Gasteiger partial charge on any atom is -0.489 e. The van der Waals surface area contributed by atoms with Gasteiger partial charge >= 0.3 is 0 Å². The number of ether oxygens (including phenoxy) is 1. The van der Waals surface area contributed by atoms with E-state index in [0.29, 0.717) is 46.9 Å². The molecular formula is C35H44ClF2N7O3P2. The van der Waals surface area contributed by atoms with Gasteiger partial charge in [-0.15, -0.1) is 8.58 Å². The van der Waals surface area contributed by atoms with Crippen molar-refractivity contribution in [3.63, 3.8) is 0 Å². The molecule has 2 amide bonds. The Hall–Kier alpha value is -3.58. The topological polar surface area (TPSA) is 123 Å². The van der Waals surface area contributed by atoms with Gasteiger partial charge in [0, 0.05) is 54.8 Å². The fourth-order valence-electron chi connectivity index (χ4n) is 4.86. The number of hydrazine groups is 1. The van der Waals surface area contributed by atoms with Gasteiger partial charge in [0.2, 0.25) is 12.2 Å². The predicted octanol–water partition coefficient (Wildman–Crippen LogP) is 6.54. The summed E-state index contributed by atoms with van der Waals surface area (Å²) in [5.41, 5.74) is 4.57. The molecule has 50 heavy (non-hydrogen) atoms. The van der Waals surface area contributed by atoms with Gasteiger partial charge in [-0.05, 0) is 70.3 Å². The van der Waals surface area contributed by atoms with Crippen LogP contribution in [-0.4, -0.2) is 77.6 Å². The van der Waals surface area contributed by atoms with Crippen molar-refractivity contribution < 1.29 is 23.1 Å². The fourth-order valence-corrected chi connectivity index (χ4v) is 6.29. The molecule has 2 heterocycles. The number of halogens is 3. The first-order chi connectivity index (χ1) is 23.7. The van der Waals surface area contributed by atoms with Crippen LogP contribution in [0.15, 0.2) is 48.3 Å². The Morgan fingerprint density at radius 3 is 2.54 bits per heavy atom. The van der Waals surface area contributed by atoms with E-state index in [1.807, 2.05) is 26.8 Å². The van der Waals surface area contributed by atoms with Gasteiger partial charge in [-0.1, -0.05) is 44.5 Å². The highest BCUT2D eigenvalue weighted by Gasteiger charge is 2.22. The molecule has 1 aromatic heterocycles. The highest BCUT2D eigenvalue weighted by atomic mass is 35.5. The number of hydrogen-bond donors (Lipinski definition) is 2. The largest absolute Gasteiger partial charge is 0.489 e. The second kappa shape index (κ2) is 19.7. The van der Waals surface area contributed by atoms with E-state index in [1.165, 1.54) is 23.2 Å². The van der Waals surface area contributed by atoms with Crippen molar-refractivity contribution in [1.82, 2.24) is 25.1 Å². The van der Waals surface area contributed by atoms with Gasteiger partial charge in [0.1, 0.15) is 24.7 Å². The molecule has 1 atom stereocenters. The molecule has 0 radical (unpaired) electrons. The number of nitrogens with one attached hydrogen (secondary N) is 2. The molecule has 4 rings (SSSR count). The molecule has 2 aromatic carbocycles. The van der Waals surface area contributed by atoms with Crippen LogP contribution in [0.4, 0.5) is 14.5 Å². The molecule has 0 aliphatic carbocycles. The van der Waals surface area contributed by atoms with Crippen LogP contribution < -0.4 is 15.5 Å². The van der Waals surface area contributed by atoms with E-state index in [2.05, 4.69) is 35.0 Å². The number of carbonyl (C=O) groups excluding carboxylic acids is 2. The first kappa shape index (κ1) is 40.8. The maximum absolute atomic E-state index is 15.3. The maximum atomic E-state index is 15.3. The lowest BCUT2D eigenvalue weighted by atomic mass is 9.90. The van der Waals surface area contributed by atoms with Crippen LogP contribution in [-0.2, 0) is 16.0 Å². The first-order valence-corrected chi connectivity index (χ1v) is 18.3. The van der Waals surface area contributed by atoms with Gasteiger partial charge in [-0.3, -0.25) is 19.9 Å². The lowest BCUT2D eigenvalue weighted by Crippen LogP contribution is -2.35. The summed E-state index contributed by atoms with van der Waals surface area (Å²) in [6.07, 6.45) is 6.37. The lowest BCUT2D eigenvalue weighted by Gasteiger charge is -2.26. The number of benzene rings is 2. The van der Waals surface area contributed by atoms with Gasteiger partial charge < -0.3 is 10.1 Å². The minimum atomic E-state index is -1.06. The highest BCUT2D eigenvalue weighted by Crippen LogP contribution is 2.33. The number of aromatic nitrogens is 2. The molecule has 15 heteroatoms. The molecule has 1 unspecified atom stereocenters. The third-order valence-corrected chi connectivity index (χ3v) is 9.10. The normalized spacial score (nSPS) is 13.6. The Labute approximate surface area is 302 Å². The quantitative estimate of drug-likeness (QED) is 0.0928. The molecule has 1 aliphatic rings. The third kappa shape index (κ3) is 12.6. The van der Waals surface area contributed by atoms with Crippen molar-refractivity contribution in [2.75, 3.05) is 50.9 Å². The number of hydrogen-bond acceptors (Lipinski definition) is 8. The highest BCUT2D eigenvalue weighted by molar-refractivity contribution is 7.38. The summed E-state index contributed by atoms with van der Waals surface area (Å²) in [5.74, 6) is -2.72. The van der Waals surface area contributed by atoms with Crippen molar-refractivity contribution in [1.29, 1.82) is 5.26 Å². The average Bonchev–Trinajstić information content (AvgIpc) is 3.07. The second-order valence-corrected chi connectivity index (χ2v) is 15.5. The number of anilines is 1. The molecule has 10 nitrogen and oxygen atoms in total. The number of nitriles is 1. The van der Waals surface area contributed by atoms with Gasteiger partial charge in [0.05, 0.1) is 11.4 Å². The van der Waals surface area contributed by atoms with Crippen LogP contribution in [0.5, 0.6) is 5.75 Å². The molecule has 268 valence electrons. The van der Waals surface area contributed by atoms with E-state index in [0.717, 1.165) is 34.0 Å². The summed E-state index contributed by atoms with van der Waals surface area (Å²) in [4.78, 5) is 33.8. The average molecular weight is 746 g/mol. The molecule has 1 fully saturated rings. The van der Waals surface area contributed by atoms with Gasteiger partial charge in [0.25, 0.3) is 5.91 Å². The van der Waals surface area contributed by atoms with Gasteiger partial charge in [-0.25, -0.2) is 19.1 Å². The van der Waals surface area contributed by atoms with Crippen LogP contribution >= 0.6 is 29.6 Å². The Morgan fingerprint density at radius 2 is 1.92 bits per heavy atom. The van der Waals surface area contributed by atoms with Crippen LogP contribution in [0.25, 0.3) is 11.3 Å². The number of amides is 2. The molecule has 0 saturated carbocycles. The minimum absolute atomic E-state index is 0.0452. The summed E-state index contributed by atoms with van der Waals surface area (Å²) < 4.78 is 37.5. The monoisotopic (exact) mass is 745 g/mol. The SMILES string of the molecule is CN(P)NC=O.Cc1c(C#N)ncnc1-c1cc(Cl)ccc1NC(=O)/C(=C/CC(C)(C)C)Cc1ccc(OCCN2CCPCC2)c(F)c1F. The van der Waals surface area contributed by atoms with E-state index in [9.17, 15) is 14.9 Å². The zero-order valence-electron chi connectivity index (χ0n) is 28.9. The smallest absolute Gasteiger partial charge is 0.251 e. The summed E-state index contributed by atoms with van der Waals surface area (Å²) in [5, 5.41) is 12.8. The standard InChI is InChI=1S/C33H37ClF2N5O2P.C2H7N2OP/c1-21-27(19-37)38-20-39-31(21)25-18-24(34)6-7-26(25)40-32(42)23(9-10-33(2,3)4)17-22-5-8-28(30(36)29(22)35)43-14-11-41-12-15-44-16-13-41;1-4(6)3-2-5/h5-9,18,20,44H,10-17H2,1-4H3,(H,40,42);2H,6H2,1H3,(H,3,5)/b23-9+;. The Balaban J connectivity index is 0.00000103. The van der Waals surface area contributed by atoms with E-state index in [1.54, 1.807) is 38.2 Å². The van der Waals surface area contributed by atoms with Gasteiger partial charge in [-0.2, -0.15) is 9.65 Å². The van der Waals surface area contributed by atoms with E-state index < -0.39 is 17.5 Å².